The lowest BCUT2D eigenvalue weighted by Crippen LogP contribution is -2.29. The summed E-state index contributed by atoms with van der Waals surface area (Å²) in [5.41, 5.74) is 6.50. The standard InChI is InChI=1S/C19H16Cl2N2O4/c1-11(19(26)23-15-7-3-13(4-8-15)18(22)25)27-17(24)9-5-12-2-6-14(20)10-16(12)21/h2-11H,1H3,(H2,22,25)(H,23,26)/b9-5+/t11-/m1/s1. The van der Waals surface area contributed by atoms with Gasteiger partial charge in [0.2, 0.25) is 5.91 Å². The van der Waals surface area contributed by atoms with Gasteiger partial charge in [0.05, 0.1) is 0 Å². The molecule has 0 radical (unpaired) electrons. The maximum absolute atomic E-state index is 12.1. The summed E-state index contributed by atoms with van der Waals surface area (Å²) >= 11 is 11.8. The summed E-state index contributed by atoms with van der Waals surface area (Å²) < 4.78 is 5.05. The molecular formula is C19H16Cl2N2O4. The maximum Gasteiger partial charge on any atom is 0.331 e. The number of hydrogen-bond acceptors (Lipinski definition) is 4. The fourth-order valence-corrected chi connectivity index (χ4v) is 2.49. The molecule has 2 amide bonds. The van der Waals surface area contributed by atoms with Gasteiger partial charge in [-0.3, -0.25) is 9.59 Å². The number of benzene rings is 2. The van der Waals surface area contributed by atoms with Crippen LogP contribution >= 0.6 is 23.2 Å². The number of nitrogens with one attached hydrogen (secondary N) is 1. The van der Waals surface area contributed by atoms with Crippen molar-refractivity contribution in [3.8, 4) is 0 Å². The van der Waals surface area contributed by atoms with Crippen molar-refractivity contribution in [1.29, 1.82) is 0 Å². The molecule has 0 heterocycles. The average molecular weight is 407 g/mol. The largest absolute Gasteiger partial charge is 0.449 e. The summed E-state index contributed by atoms with van der Waals surface area (Å²) in [7, 11) is 0. The van der Waals surface area contributed by atoms with Crippen LogP contribution in [0.15, 0.2) is 48.5 Å². The second-order valence-corrected chi connectivity index (χ2v) is 6.35. The zero-order chi connectivity index (χ0) is 20.0. The van der Waals surface area contributed by atoms with Crippen LogP contribution in [-0.4, -0.2) is 23.9 Å². The second-order valence-electron chi connectivity index (χ2n) is 5.51. The Labute approximate surface area is 165 Å². The molecule has 0 saturated carbocycles. The minimum absolute atomic E-state index is 0.318. The highest BCUT2D eigenvalue weighted by Gasteiger charge is 2.17. The average Bonchev–Trinajstić information content (AvgIpc) is 2.61. The van der Waals surface area contributed by atoms with Crippen molar-refractivity contribution < 1.29 is 19.1 Å². The highest BCUT2D eigenvalue weighted by atomic mass is 35.5. The van der Waals surface area contributed by atoms with Crippen LogP contribution in [0.5, 0.6) is 0 Å². The first-order valence-electron chi connectivity index (χ1n) is 7.80. The van der Waals surface area contributed by atoms with E-state index in [0.29, 0.717) is 26.9 Å². The summed E-state index contributed by atoms with van der Waals surface area (Å²) in [4.78, 5) is 35.0. The summed E-state index contributed by atoms with van der Waals surface area (Å²) in [6.07, 6.45) is 1.60. The molecule has 2 aromatic rings. The van der Waals surface area contributed by atoms with Crippen LogP contribution < -0.4 is 11.1 Å². The Bertz CT molecular complexity index is 895. The number of rotatable bonds is 6. The van der Waals surface area contributed by atoms with Crippen molar-refractivity contribution in [3.05, 3.63) is 69.7 Å². The third kappa shape index (κ3) is 6.13. The molecule has 2 aromatic carbocycles. The van der Waals surface area contributed by atoms with Crippen molar-refractivity contribution in [1.82, 2.24) is 0 Å². The number of nitrogens with two attached hydrogens (primary N) is 1. The molecule has 0 unspecified atom stereocenters. The van der Waals surface area contributed by atoms with Gasteiger partial charge in [-0.25, -0.2) is 4.79 Å². The molecule has 0 saturated heterocycles. The molecule has 0 aromatic heterocycles. The fraction of sp³-hybridized carbons (Fsp3) is 0.105. The lowest BCUT2D eigenvalue weighted by Gasteiger charge is -2.12. The van der Waals surface area contributed by atoms with E-state index in [1.807, 2.05) is 0 Å². The minimum Gasteiger partial charge on any atom is -0.449 e. The molecule has 3 N–H and O–H groups in total. The second kappa shape index (κ2) is 9.21. The molecule has 0 aliphatic heterocycles. The van der Waals surface area contributed by atoms with E-state index in [9.17, 15) is 14.4 Å². The molecule has 0 bridgehead atoms. The zero-order valence-corrected chi connectivity index (χ0v) is 15.8. The number of esters is 1. The van der Waals surface area contributed by atoms with Crippen molar-refractivity contribution in [2.24, 2.45) is 5.73 Å². The molecule has 0 aliphatic rings. The Hall–Kier alpha value is -2.83. The van der Waals surface area contributed by atoms with Crippen LogP contribution in [0, 0.1) is 0 Å². The van der Waals surface area contributed by atoms with E-state index in [0.717, 1.165) is 0 Å². The smallest absolute Gasteiger partial charge is 0.331 e. The number of hydrogen-bond donors (Lipinski definition) is 2. The molecule has 6 nitrogen and oxygen atoms in total. The van der Waals surface area contributed by atoms with Gasteiger partial charge in [0.25, 0.3) is 5.91 Å². The summed E-state index contributed by atoms with van der Waals surface area (Å²) in [6.45, 7) is 1.44. The number of ether oxygens (including phenoxy) is 1. The molecule has 0 aliphatic carbocycles. The topological polar surface area (TPSA) is 98.5 Å². The van der Waals surface area contributed by atoms with Crippen LogP contribution in [0.4, 0.5) is 5.69 Å². The van der Waals surface area contributed by atoms with Gasteiger partial charge in [0.1, 0.15) is 0 Å². The Morgan fingerprint density at radius 3 is 2.37 bits per heavy atom. The van der Waals surface area contributed by atoms with Crippen molar-refractivity contribution >= 4 is 52.7 Å². The van der Waals surface area contributed by atoms with Crippen molar-refractivity contribution in [2.75, 3.05) is 5.32 Å². The maximum atomic E-state index is 12.1. The van der Waals surface area contributed by atoms with E-state index >= 15 is 0 Å². The van der Waals surface area contributed by atoms with Crippen molar-refractivity contribution in [3.63, 3.8) is 0 Å². The van der Waals surface area contributed by atoms with Crippen LogP contribution in [0.2, 0.25) is 10.0 Å². The molecule has 1 atom stereocenters. The van der Waals surface area contributed by atoms with E-state index in [-0.39, 0.29) is 0 Å². The molecule has 140 valence electrons. The number of primary amides is 1. The van der Waals surface area contributed by atoms with Crippen LogP contribution in [0.1, 0.15) is 22.8 Å². The van der Waals surface area contributed by atoms with Gasteiger partial charge < -0.3 is 15.8 Å². The first kappa shape index (κ1) is 20.5. The lowest BCUT2D eigenvalue weighted by molar-refractivity contribution is -0.148. The SMILES string of the molecule is C[C@@H](OC(=O)/C=C/c1ccc(Cl)cc1Cl)C(=O)Nc1ccc(C(N)=O)cc1. The Kier molecular flexibility index (Phi) is 6.98. The first-order chi connectivity index (χ1) is 12.8. The number of carbonyl (C=O) groups is 3. The van der Waals surface area contributed by atoms with Gasteiger partial charge in [-0.15, -0.1) is 0 Å². The summed E-state index contributed by atoms with van der Waals surface area (Å²) in [5.74, 6) is -1.79. The van der Waals surface area contributed by atoms with E-state index in [1.165, 1.54) is 43.3 Å². The predicted octanol–water partition coefficient (Wildman–Crippen LogP) is 3.68. The zero-order valence-electron chi connectivity index (χ0n) is 14.2. The Morgan fingerprint density at radius 1 is 1.11 bits per heavy atom. The van der Waals surface area contributed by atoms with Gasteiger partial charge in [-0.1, -0.05) is 29.3 Å². The predicted molar refractivity (Wildman–Crippen MR) is 105 cm³/mol. The third-order valence-corrected chi connectivity index (χ3v) is 4.02. The van der Waals surface area contributed by atoms with Gasteiger partial charge in [0, 0.05) is 27.4 Å². The normalized spacial score (nSPS) is 11.8. The number of halogens is 2. The number of anilines is 1. The van der Waals surface area contributed by atoms with Crippen LogP contribution in [0.3, 0.4) is 0 Å². The highest BCUT2D eigenvalue weighted by Crippen LogP contribution is 2.22. The van der Waals surface area contributed by atoms with Crippen LogP contribution in [-0.2, 0) is 14.3 Å². The third-order valence-electron chi connectivity index (χ3n) is 3.46. The molecular weight excluding hydrogens is 391 g/mol. The number of carbonyl (C=O) groups excluding carboxylic acids is 3. The summed E-state index contributed by atoms with van der Waals surface area (Å²) in [5, 5.41) is 3.44. The fourth-order valence-electron chi connectivity index (χ4n) is 2.02. The molecule has 0 spiro atoms. The van der Waals surface area contributed by atoms with E-state index < -0.39 is 23.9 Å². The molecule has 8 heteroatoms. The van der Waals surface area contributed by atoms with Gasteiger partial charge in [-0.2, -0.15) is 0 Å². The van der Waals surface area contributed by atoms with Gasteiger partial charge in [0.15, 0.2) is 6.10 Å². The van der Waals surface area contributed by atoms with Crippen molar-refractivity contribution in [2.45, 2.75) is 13.0 Å². The molecule has 27 heavy (non-hydrogen) atoms. The van der Waals surface area contributed by atoms with Crippen LogP contribution in [0.25, 0.3) is 6.08 Å². The molecule has 0 fully saturated rings. The first-order valence-corrected chi connectivity index (χ1v) is 8.56. The highest BCUT2D eigenvalue weighted by molar-refractivity contribution is 6.35. The number of amides is 2. The Morgan fingerprint density at radius 2 is 1.78 bits per heavy atom. The molecule has 2 rings (SSSR count). The van der Waals surface area contributed by atoms with Gasteiger partial charge >= 0.3 is 5.97 Å². The van der Waals surface area contributed by atoms with E-state index in [1.54, 1.807) is 18.2 Å². The van der Waals surface area contributed by atoms with E-state index in [2.05, 4.69) is 5.32 Å². The van der Waals surface area contributed by atoms with E-state index in [4.69, 9.17) is 33.7 Å². The minimum atomic E-state index is -1.03. The lowest BCUT2D eigenvalue weighted by atomic mass is 10.2. The Balaban J connectivity index is 1.92. The summed E-state index contributed by atoms with van der Waals surface area (Å²) in [6, 6.07) is 10.8. The van der Waals surface area contributed by atoms with Gasteiger partial charge in [-0.05, 0) is 55.0 Å². The monoisotopic (exact) mass is 406 g/mol. The quantitative estimate of drug-likeness (QED) is 0.564.